The molecule has 1 aliphatic heterocycles. The van der Waals surface area contributed by atoms with Crippen LogP contribution in [0, 0.1) is 0 Å². The molecule has 6 N–H and O–H groups in total. The number of nitrogens with two attached hydrogens (primary N) is 2. The van der Waals surface area contributed by atoms with Gasteiger partial charge in [-0.25, -0.2) is 15.0 Å². The zero-order valence-corrected chi connectivity index (χ0v) is 16.7. The predicted molar refractivity (Wildman–Crippen MR) is 113 cm³/mol. The van der Waals surface area contributed by atoms with Crippen molar-refractivity contribution in [3.05, 3.63) is 41.7 Å². The molecular weight excluding hydrogens is 370 g/mol. The Bertz CT molecular complexity index is 892. The van der Waals surface area contributed by atoms with E-state index >= 15 is 0 Å². The Labute approximate surface area is 170 Å². The first kappa shape index (κ1) is 22.1. The third-order valence-electron chi connectivity index (χ3n) is 3.89. The third kappa shape index (κ3) is 6.16. The number of carbonyl (C=O) groups is 1. The highest BCUT2D eigenvalue weighted by molar-refractivity contribution is 6.05. The fourth-order valence-corrected chi connectivity index (χ4v) is 2.53. The van der Waals surface area contributed by atoms with E-state index in [0.29, 0.717) is 35.2 Å². The number of carbonyl (C=O) groups excluding carboxylic acids is 1. The summed E-state index contributed by atoms with van der Waals surface area (Å²) in [7, 11) is 0. The van der Waals surface area contributed by atoms with Crippen molar-refractivity contribution < 1.29 is 9.90 Å². The monoisotopic (exact) mass is 397 g/mol. The Morgan fingerprint density at radius 2 is 1.83 bits per heavy atom. The standard InChI is InChI=1S/C18H21N7O.C2H6O/c1-2-3-21-18(26)11-4-14-15(25-16(20)6-11)5-12(8-22-14)13-9-23-17(7-19)24-10-13;1-2-3/h4-5,8-10H,2-3,6-7,19H2,1H3,(H2,20,25)(H,21,26);3H,2H2,1H3. The minimum atomic E-state index is -0.144. The van der Waals surface area contributed by atoms with Crippen LogP contribution in [0.1, 0.15) is 38.2 Å². The molecule has 0 aliphatic carbocycles. The van der Waals surface area contributed by atoms with E-state index < -0.39 is 0 Å². The summed E-state index contributed by atoms with van der Waals surface area (Å²) in [6.45, 7) is 4.84. The number of nitrogens with zero attached hydrogens (tertiary/aromatic N) is 4. The van der Waals surface area contributed by atoms with Crippen LogP contribution < -0.4 is 16.8 Å². The van der Waals surface area contributed by atoms with Gasteiger partial charge in [-0.3, -0.25) is 9.78 Å². The number of nitrogens with one attached hydrogen (secondary N) is 1. The Morgan fingerprint density at radius 3 is 2.45 bits per heavy atom. The molecule has 0 fully saturated rings. The zero-order chi connectivity index (χ0) is 21.2. The lowest BCUT2D eigenvalue weighted by Crippen LogP contribution is -2.27. The van der Waals surface area contributed by atoms with E-state index in [2.05, 4.69) is 25.3 Å². The average molecular weight is 397 g/mol. The second kappa shape index (κ2) is 11.0. The highest BCUT2D eigenvalue weighted by atomic mass is 16.2. The summed E-state index contributed by atoms with van der Waals surface area (Å²) in [6.07, 6.45) is 7.99. The van der Waals surface area contributed by atoms with E-state index in [1.165, 1.54) is 0 Å². The molecule has 9 heteroatoms. The lowest BCUT2D eigenvalue weighted by atomic mass is 10.1. The van der Waals surface area contributed by atoms with Crippen LogP contribution in [0.15, 0.2) is 35.2 Å². The van der Waals surface area contributed by atoms with Crippen LogP contribution in [0.5, 0.6) is 0 Å². The van der Waals surface area contributed by atoms with Gasteiger partial charge in [-0.05, 0) is 25.5 Å². The second-order valence-corrected chi connectivity index (χ2v) is 6.24. The number of fused-ring (bicyclic) bond motifs is 1. The van der Waals surface area contributed by atoms with Gasteiger partial charge >= 0.3 is 0 Å². The Morgan fingerprint density at radius 1 is 1.17 bits per heavy atom. The number of rotatable bonds is 5. The van der Waals surface area contributed by atoms with Gasteiger partial charge in [0.25, 0.3) is 0 Å². The molecule has 0 unspecified atom stereocenters. The van der Waals surface area contributed by atoms with Gasteiger partial charge in [-0.1, -0.05) is 6.92 Å². The van der Waals surface area contributed by atoms with E-state index in [-0.39, 0.29) is 25.5 Å². The number of aliphatic imine (C=N–C) groups is 1. The molecule has 9 nitrogen and oxygen atoms in total. The molecule has 29 heavy (non-hydrogen) atoms. The summed E-state index contributed by atoms with van der Waals surface area (Å²) >= 11 is 0. The molecule has 154 valence electrons. The topological polar surface area (TPSA) is 152 Å². The average Bonchev–Trinajstić information content (AvgIpc) is 2.90. The van der Waals surface area contributed by atoms with Crippen LogP contribution in [0.25, 0.3) is 17.2 Å². The third-order valence-corrected chi connectivity index (χ3v) is 3.89. The number of aliphatic hydroxyl groups is 1. The summed E-state index contributed by atoms with van der Waals surface area (Å²) < 4.78 is 0. The minimum absolute atomic E-state index is 0.144. The number of amides is 1. The quantitative estimate of drug-likeness (QED) is 0.593. The maximum atomic E-state index is 12.3. The number of hydrogen-bond donors (Lipinski definition) is 4. The van der Waals surface area contributed by atoms with Gasteiger partial charge < -0.3 is 21.9 Å². The Kier molecular flexibility index (Phi) is 8.38. The van der Waals surface area contributed by atoms with E-state index in [4.69, 9.17) is 16.6 Å². The van der Waals surface area contributed by atoms with Gasteiger partial charge in [0.2, 0.25) is 5.91 Å². The molecule has 1 amide bonds. The Hall–Kier alpha value is -3.17. The molecule has 0 saturated carbocycles. The lowest BCUT2D eigenvalue weighted by Gasteiger charge is -2.06. The van der Waals surface area contributed by atoms with Crippen molar-refractivity contribution in [1.82, 2.24) is 20.3 Å². The van der Waals surface area contributed by atoms with Crippen LogP contribution in [0.4, 0.5) is 5.69 Å². The smallest absolute Gasteiger partial charge is 0.247 e. The molecule has 2 aromatic rings. The van der Waals surface area contributed by atoms with Crippen LogP contribution in [-0.4, -0.2) is 45.0 Å². The first-order chi connectivity index (χ1) is 14.0. The SMILES string of the molecule is CCCNC(=O)C1=Cc2ncc(-c3cnc(CN)nc3)cc2N=C(N)C1.CCO. The molecule has 0 aromatic carbocycles. The number of aliphatic hydroxyl groups excluding tert-OH is 1. The van der Waals surface area contributed by atoms with E-state index in [1.54, 1.807) is 31.6 Å². The highest BCUT2D eigenvalue weighted by Crippen LogP contribution is 2.29. The van der Waals surface area contributed by atoms with Crippen molar-refractivity contribution in [2.24, 2.45) is 16.5 Å². The first-order valence-electron chi connectivity index (χ1n) is 9.46. The second-order valence-electron chi connectivity index (χ2n) is 6.24. The molecule has 0 radical (unpaired) electrons. The van der Waals surface area contributed by atoms with Gasteiger partial charge in [0, 0.05) is 54.9 Å². The maximum absolute atomic E-state index is 12.3. The summed E-state index contributed by atoms with van der Waals surface area (Å²) in [5, 5.41) is 10.4. The summed E-state index contributed by atoms with van der Waals surface area (Å²) in [4.78, 5) is 29.5. The zero-order valence-electron chi connectivity index (χ0n) is 16.7. The van der Waals surface area contributed by atoms with Crippen molar-refractivity contribution in [3.63, 3.8) is 0 Å². The molecule has 0 bridgehead atoms. The molecular formula is C20H27N7O2. The molecule has 2 aromatic heterocycles. The highest BCUT2D eigenvalue weighted by Gasteiger charge is 2.17. The van der Waals surface area contributed by atoms with E-state index in [0.717, 1.165) is 17.5 Å². The molecule has 0 atom stereocenters. The van der Waals surface area contributed by atoms with Crippen LogP contribution in [0.2, 0.25) is 0 Å². The predicted octanol–water partition coefficient (Wildman–Crippen LogP) is 1.30. The van der Waals surface area contributed by atoms with Gasteiger partial charge in [0.05, 0.1) is 17.9 Å². The number of hydrogen-bond acceptors (Lipinski definition) is 8. The van der Waals surface area contributed by atoms with E-state index in [1.807, 2.05) is 13.0 Å². The van der Waals surface area contributed by atoms with Gasteiger partial charge in [0.15, 0.2) is 0 Å². The van der Waals surface area contributed by atoms with Crippen molar-refractivity contribution in [3.8, 4) is 11.1 Å². The van der Waals surface area contributed by atoms with Crippen molar-refractivity contribution in [1.29, 1.82) is 0 Å². The fourth-order valence-electron chi connectivity index (χ4n) is 2.53. The molecule has 3 rings (SSSR count). The van der Waals surface area contributed by atoms with Crippen LogP contribution in [-0.2, 0) is 11.3 Å². The largest absolute Gasteiger partial charge is 0.397 e. The molecule has 0 saturated heterocycles. The lowest BCUT2D eigenvalue weighted by molar-refractivity contribution is -0.117. The molecule has 0 spiro atoms. The molecule has 1 aliphatic rings. The molecule has 3 heterocycles. The van der Waals surface area contributed by atoms with Gasteiger partial charge in [0.1, 0.15) is 11.7 Å². The fraction of sp³-hybridized carbons (Fsp3) is 0.350. The normalized spacial score (nSPS) is 12.6. The van der Waals surface area contributed by atoms with Crippen molar-refractivity contribution in [2.75, 3.05) is 13.2 Å². The van der Waals surface area contributed by atoms with Crippen LogP contribution in [0.3, 0.4) is 0 Å². The van der Waals surface area contributed by atoms with Gasteiger partial charge in [-0.2, -0.15) is 0 Å². The van der Waals surface area contributed by atoms with Crippen molar-refractivity contribution >= 4 is 23.5 Å². The van der Waals surface area contributed by atoms with Crippen molar-refractivity contribution in [2.45, 2.75) is 33.2 Å². The van der Waals surface area contributed by atoms with Gasteiger partial charge in [-0.15, -0.1) is 0 Å². The first-order valence-corrected chi connectivity index (χ1v) is 9.46. The number of pyridine rings is 1. The summed E-state index contributed by atoms with van der Waals surface area (Å²) in [5.74, 6) is 0.800. The van der Waals surface area contributed by atoms with E-state index in [9.17, 15) is 4.79 Å². The summed E-state index contributed by atoms with van der Waals surface area (Å²) in [5.41, 5.74) is 14.9. The van der Waals surface area contributed by atoms with Crippen LogP contribution >= 0.6 is 0 Å². The number of aromatic nitrogens is 3. The number of amidine groups is 1. The maximum Gasteiger partial charge on any atom is 0.247 e. The Balaban J connectivity index is 0.000000941. The minimum Gasteiger partial charge on any atom is -0.397 e. The summed E-state index contributed by atoms with van der Waals surface area (Å²) in [6, 6.07) is 1.86.